The van der Waals surface area contributed by atoms with Gasteiger partial charge in [0.2, 0.25) is 5.89 Å². The first-order valence-electron chi connectivity index (χ1n) is 8.95. The molecule has 2 N–H and O–H groups in total. The van der Waals surface area contributed by atoms with Crippen LogP contribution < -0.4 is 15.4 Å². The molecule has 0 atom stereocenters. The van der Waals surface area contributed by atoms with Crippen LogP contribution in [0.3, 0.4) is 0 Å². The van der Waals surface area contributed by atoms with Gasteiger partial charge in [-0.15, -0.1) is 0 Å². The highest BCUT2D eigenvalue weighted by Crippen LogP contribution is 2.28. The standard InChI is InChI=1S/C22H16ClN3O3S/c1-28-17-7-3-5-14(11-17)21-25-18-12-16(8-9-19(18)29-21)24-22(30)26-20(27)13-4-2-6-15(23)10-13/h2-12H,1H3,(H2,24,26,27,30). The third-order valence-corrected chi connectivity index (χ3v) is 4.72. The van der Waals surface area contributed by atoms with Crippen LogP contribution in [0.5, 0.6) is 5.75 Å². The van der Waals surface area contributed by atoms with Crippen LogP contribution in [0.15, 0.2) is 71.1 Å². The van der Waals surface area contributed by atoms with Crippen LogP contribution in [0.2, 0.25) is 5.02 Å². The van der Waals surface area contributed by atoms with Crippen molar-refractivity contribution in [3.63, 3.8) is 0 Å². The second-order valence-electron chi connectivity index (χ2n) is 6.35. The molecule has 0 radical (unpaired) electrons. The number of carbonyl (C=O) groups is 1. The summed E-state index contributed by atoms with van der Waals surface area (Å²) in [6, 6.07) is 19.5. The van der Waals surface area contributed by atoms with Crippen LogP contribution in [0.4, 0.5) is 5.69 Å². The molecule has 4 rings (SSSR count). The molecule has 1 aromatic heterocycles. The fourth-order valence-electron chi connectivity index (χ4n) is 2.85. The Bertz CT molecular complexity index is 1260. The Morgan fingerprint density at radius 1 is 1.10 bits per heavy atom. The summed E-state index contributed by atoms with van der Waals surface area (Å²) in [5.74, 6) is 0.855. The molecule has 3 aromatic carbocycles. The highest BCUT2D eigenvalue weighted by atomic mass is 35.5. The van der Waals surface area contributed by atoms with Gasteiger partial charge in [-0.3, -0.25) is 10.1 Å². The van der Waals surface area contributed by atoms with Crippen molar-refractivity contribution in [2.75, 3.05) is 12.4 Å². The lowest BCUT2D eigenvalue weighted by atomic mass is 10.2. The van der Waals surface area contributed by atoms with Crippen LogP contribution in [0.25, 0.3) is 22.6 Å². The Kier molecular flexibility index (Phi) is 5.65. The van der Waals surface area contributed by atoms with Crippen molar-refractivity contribution in [1.29, 1.82) is 0 Å². The zero-order valence-electron chi connectivity index (χ0n) is 15.8. The quantitative estimate of drug-likeness (QED) is 0.423. The number of carbonyl (C=O) groups excluding carboxylic acids is 1. The fourth-order valence-corrected chi connectivity index (χ4v) is 3.25. The van der Waals surface area contributed by atoms with E-state index in [0.717, 1.165) is 11.3 Å². The number of aromatic nitrogens is 1. The van der Waals surface area contributed by atoms with Gasteiger partial charge in [-0.05, 0) is 66.8 Å². The van der Waals surface area contributed by atoms with Crippen LogP contribution in [-0.4, -0.2) is 23.1 Å². The molecule has 0 unspecified atom stereocenters. The second kappa shape index (κ2) is 8.52. The number of hydrogen-bond donors (Lipinski definition) is 2. The van der Waals surface area contributed by atoms with Crippen LogP contribution in [0.1, 0.15) is 10.4 Å². The van der Waals surface area contributed by atoms with Gasteiger partial charge in [0.05, 0.1) is 7.11 Å². The maximum absolute atomic E-state index is 12.3. The summed E-state index contributed by atoms with van der Waals surface area (Å²) in [4.78, 5) is 16.8. The predicted octanol–water partition coefficient (Wildman–Crippen LogP) is 5.28. The lowest BCUT2D eigenvalue weighted by Crippen LogP contribution is -2.34. The zero-order chi connectivity index (χ0) is 21.1. The fraction of sp³-hybridized carbons (Fsp3) is 0.0455. The second-order valence-corrected chi connectivity index (χ2v) is 7.20. The Morgan fingerprint density at radius 2 is 1.93 bits per heavy atom. The maximum Gasteiger partial charge on any atom is 0.257 e. The van der Waals surface area contributed by atoms with Crippen molar-refractivity contribution in [3.05, 3.63) is 77.3 Å². The van der Waals surface area contributed by atoms with Crippen molar-refractivity contribution < 1.29 is 13.9 Å². The molecule has 0 spiro atoms. The molecule has 0 aliphatic rings. The number of fused-ring (bicyclic) bond motifs is 1. The first kappa shape index (κ1) is 19.9. The number of nitrogens with zero attached hydrogens (tertiary/aromatic N) is 1. The molecule has 30 heavy (non-hydrogen) atoms. The molecular weight excluding hydrogens is 422 g/mol. The van der Waals surface area contributed by atoms with E-state index in [4.69, 9.17) is 33.0 Å². The molecule has 0 aliphatic heterocycles. The summed E-state index contributed by atoms with van der Waals surface area (Å²) >= 11 is 11.2. The summed E-state index contributed by atoms with van der Waals surface area (Å²) in [7, 11) is 1.61. The smallest absolute Gasteiger partial charge is 0.257 e. The average Bonchev–Trinajstić information content (AvgIpc) is 3.17. The van der Waals surface area contributed by atoms with E-state index in [-0.39, 0.29) is 11.0 Å². The van der Waals surface area contributed by atoms with Gasteiger partial charge in [-0.1, -0.05) is 23.7 Å². The van der Waals surface area contributed by atoms with Crippen molar-refractivity contribution >= 4 is 51.6 Å². The van der Waals surface area contributed by atoms with E-state index in [1.807, 2.05) is 24.3 Å². The van der Waals surface area contributed by atoms with E-state index in [1.165, 1.54) is 0 Å². The molecule has 1 amide bonds. The third-order valence-electron chi connectivity index (χ3n) is 4.28. The minimum absolute atomic E-state index is 0.163. The van der Waals surface area contributed by atoms with Gasteiger partial charge >= 0.3 is 0 Å². The highest BCUT2D eigenvalue weighted by molar-refractivity contribution is 7.80. The number of amides is 1. The first-order chi connectivity index (χ1) is 14.5. The van der Waals surface area contributed by atoms with Crippen LogP contribution in [0, 0.1) is 0 Å². The largest absolute Gasteiger partial charge is 0.497 e. The number of thiocarbonyl (C=S) groups is 1. The summed E-state index contributed by atoms with van der Waals surface area (Å²) < 4.78 is 11.1. The summed E-state index contributed by atoms with van der Waals surface area (Å²) in [5.41, 5.74) is 3.18. The average molecular weight is 438 g/mol. The molecule has 1 heterocycles. The monoisotopic (exact) mass is 437 g/mol. The Balaban J connectivity index is 1.49. The molecule has 8 heteroatoms. The molecular formula is C22H16ClN3O3S. The normalized spacial score (nSPS) is 10.6. The molecule has 4 aromatic rings. The summed E-state index contributed by atoms with van der Waals surface area (Å²) in [5, 5.41) is 6.25. The number of rotatable bonds is 4. The molecule has 0 saturated carbocycles. The Labute approximate surface area is 182 Å². The van der Waals surface area contributed by atoms with E-state index in [1.54, 1.807) is 49.6 Å². The predicted molar refractivity (Wildman–Crippen MR) is 121 cm³/mol. The van der Waals surface area contributed by atoms with Gasteiger partial charge < -0.3 is 14.5 Å². The number of hydrogen-bond acceptors (Lipinski definition) is 5. The van der Waals surface area contributed by atoms with Crippen molar-refractivity contribution in [1.82, 2.24) is 10.3 Å². The van der Waals surface area contributed by atoms with Crippen molar-refractivity contribution in [3.8, 4) is 17.2 Å². The number of halogens is 1. The molecule has 0 fully saturated rings. The minimum atomic E-state index is -0.349. The topological polar surface area (TPSA) is 76.4 Å². The summed E-state index contributed by atoms with van der Waals surface area (Å²) in [6.07, 6.45) is 0. The van der Waals surface area contributed by atoms with E-state index < -0.39 is 0 Å². The number of benzene rings is 3. The van der Waals surface area contributed by atoms with E-state index in [9.17, 15) is 4.79 Å². The van der Waals surface area contributed by atoms with E-state index in [2.05, 4.69) is 15.6 Å². The van der Waals surface area contributed by atoms with Gasteiger partial charge in [0, 0.05) is 21.8 Å². The number of anilines is 1. The number of methoxy groups -OCH3 is 1. The SMILES string of the molecule is COc1cccc(-c2nc3cc(NC(=S)NC(=O)c4cccc(Cl)c4)ccc3o2)c1. The van der Waals surface area contributed by atoms with Gasteiger partial charge in [0.15, 0.2) is 10.7 Å². The molecule has 0 bridgehead atoms. The minimum Gasteiger partial charge on any atom is -0.497 e. The van der Waals surface area contributed by atoms with Crippen molar-refractivity contribution in [2.24, 2.45) is 0 Å². The zero-order valence-corrected chi connectivity index (χ0v) is 17.4. The molecule has 0 saturated heterocycles. The van der Waals surface area contributed by atoms with Crippen LogP contribution in [-0.2, 0) is 0 Å². The lowest BCUT2D eigenvalue weighted by molar-refractivity contribution is 0.0977. The molecule has 150 valence electrons. The summed E-state index contributed by atoms with van der Waals surface area (Å²) in [6.45, 7) is 0. The van der Waals surface area contributed by atoms with Gasteiger partial charge in [0.1, 0.15) is 11.3 Å². The number of ether oxygens (including phenoxy) is 1. The number of oxazole rings is 1. The van der Waals surface area contributed by atoms with E-state index in [0.29, 0.717) is 33.3 Å². The Morgan fingerprint density at radius 3 is 2.73 bits per heavy atom. The van der Waals surface area contributed by atoms with Gasteiger partial charge in [0.25, 0.3) is 5.91 Å². The molecule has 0 aliphatic carbocycles. The van der Waals surface area contributed by atoms with Gasteiger partial charge in [-0.2, -0.15) is 0 Å². The highest BCUT2D eigenvalue weighted by Gasteiger charge is 2.12. The first-order valence-corrected chi connectivity index (χ1v) is 9.73. The van der Waals surface area contributed by atoms with E-state index >= 15 is 0 Å². The van der Waals surface area contributed by atoms with Crippen molar-refractivity contribution in [2.45, 2.75) is 0 Å². The van der Waals surface area contributed by atoms with Gasteiger partial charge in [-0.25, -0.2) is 4.98 Å². The third kappa shape index (κ3) is 4.42. The Hall–Kier alpha value is -3.42. The lowest BCUT2D eigenvalue weighted by Gasteiger charge is -2.09. The van der Waals surface area contributed by atoms with Crippen LogP contribution >= 0.6 is 23.8 Å². The number of nitrogens with one attached hydrogen (secondary N) is 2. The maximum atomic E-state index is 12.3. The molecule has 6 nitrogen and oxygen atoms in total.